The van der Waals surface area contributed by atoms with Crippen molar-refractivity contribution in [3.63, 3.8) is 0 Å². The van der Waals surface area contributed by atoms with Gasteiger partial charge in [0.25, 0.3) is 0 Å². The van der Waals surface area contributed by atoms with Crippen LogP contribution in [0.25, 0.3) is 0 Å². The normalized spacial score (nSPS) is 28.1. The van der Waals surface area contributed by atoms with Crippen LogP contribution in [-0.4, -0.2) is 29.3 Å². The number of nitrogens with one attached hydrogen (secondary N) is 3. The van der Waals surface area contributed by atoms with Gasteiger partial charge in [-0.05, 0) is 38.1 Å². The summed E-state index contributed by atoms with van der Waals surface area (Å²) in [5, 5.41) is 14.7. The molecule has 0 amide bonds. The van der Waals surface area contributed by atoms with Crippen molar-refractivity contribution in [1.29, 1.82) is 0 Å². The molecule has 1 saturated heterocycles. The molecule has 1 aromatic heterocycles. The fourth-order valence-electron chi connectivity index (χ4n) is 3.01. The molecular weight excluding hydrogens is 212 g/mol. The van der Waals surface area contributed by atoms with Gasteiger partial charge in [-0.3, -0.25) is 5.10 Å². The molecule has 3 rings (SSSR count). The van der Waals surface area contributed by atoms with E-state index in [0.29, 0.717) is 6.04 Å². The molecule has 0 aromatic carbocycles. The third-order valence-corrected chi connectivity index (χ3v) is 4.23. The minimum absolute atomic E-state index is 0.560. The lowest BCUT2D eigenvalue weighted by atomic mass is 9.86. The van der Waals surface area contributed by atoms with E-state index in [0.717, 1.165) is 24.8 Å². The van der Waals surface area contributed by atoms with Gasteiger partial charge in [-0.15, -0.1) is 0 Å². The number of aryl methyl sites for hydroxylation is 1. The number of fused-ring (bicyclic) bond motifs is 1. The van der Waals surface area contributed by atoms with Crippen LogP contribution in [0.2, 0.25) is 0 Å². The van der Waals surface area contributed by atoms with Crippen molar-refractivity contribution in [2.24, 2.45) is 5.92 Å². The number of nitrogens with zero attached hydrogens (tertiary/aromatic N) is 1. The quantitative estimate of drug-likeness (QED) is 0.746. The summed E-state index contributed by atoms with van der Waals surface area (Å²) in [6.45, 7) is 4.49. The molecule has 1 aliphatic heterocycles. The highest BCUT2D eigenvalue weighted by molar-refractivity contribution is 5.48. The third kappa shape index (κ3) is 2.18. The molecule has 2 atom stereocenters. The van der Waals surface area contributed by atoms with Gasteiger partial charge in [0.1, 0.15) is 0 Å². The molecule has 2 heterocycles. The van der Waals surface area contributed by atoms with Crippen molar-refractivity contribution in [2.45, 2.75) is 45.1 Å². The molecule has 17 heavy (non-hydrogen) atoms. The van der Waals surface area contributed by atoms with Crippen LogP contribution in [0.15, 0.2) is 0 Å². The van der Waals surface area contributed by atoms with Crippen molar-refractivity contribution in [1.82, 2.24) is 15.5 Å². The second kappa shape index (κ2) is 4.69. The van der Waals surface area contributed by atoms with E-state index in [1.807, 2.05) is 0 Å². The molecule has 4 nitrogen and oxygen atoms in total. The molecule has 3 N–H and O–H groups in total. The molecule has 2 aliphatic rings. The van der Waals surface area contributed by atoms with Crippen LogP contribution in [0.4, 0.5) is 5.82 Å². The zero-order chi connectivity index (χ0) is 11.7. The maximum absolute atomic E-state index is 4.47. The summed E-state index contributed by atoms with van der Waals surface area (Å²) in [4.78, 5) is 0. The highest BCUT2D eigenvalue weighted by Crippen LogP contribution is 2.31. The topological polar surface area (TPSA) is 52.7 Å². The third-order valence-electron chi connectivity index (χ3n) is 4.23. The molecule has 0 saturated carbocycles. The Labute approximate surface area is 103 Å². The second-order valence-corrected chi connectivity index (χ2v) is 5.38. The maximum Gasteiger partial charge on any atom is 0.151 e. The first-order chi connectivity index (χ1) is 8.36. The largest absolute Gasteiger partial charge is 0.364 e. The lowest BCUT2D eigenvalue weighted by Crippen LogP contribution is -2.23. The summed E-state index contributed by atoms with van der Waals surface area (Å²) < 4.78 is 0. The molecule has 1 aliphatic carbocycles. The van der Waals surface area contributed by atoms with Crippen molar-refractivity contribution in [3.05, 3.63) is 11.3 Å². The predicted molar refractivity (Wildman–Crippen MR) is 69.3 cm³/mol. The summed E-state index contributed by atoms with van der Waals surface area (Å²) in [7, 11) is 0. The van der Waals surface area contributed by atoms with Gasteiger partial charge in [0, 0.05) is 23.8 Å². The van der Waals surface area contributed by atoms with Gasteiger partial charge in [-0.2, -0.15) is 5.10 Å². The maximum atomic E-state index is 4.47. The number of aromatic nitrogens is 2. The number of rotatable bonds is 3. The van der Waals surface area contributed by atoms with Crippen molar-refractivity contribution < 1.29 is 0 Å². The van der Waals surface area contributed by atoms with Crippen LogP contribution in [0.3, 0.4) is 0 Å². The van der Waals surface area contributed by atoms with E-state index in [1.54, 1.807) is 0 Å². The minimum atomic E-state index is 0.560. The van der Waals surface area contributed by atoms with E-state index in [9.17, 15) is 0 Å². The molecule has 0 spiro atoms. The molecule has 4 heteroatoms. The van der Waals surface area contributed by atoms with Crippen LogP contribution >= 0.6 is 0 Å². The number of anilines is 1. The molecule has 94 valence electrons. The number of aromatic amines is 1. The van der Waals surface area contributed by atoms with Gasteiger partial charge < -0.3 is 10.6 Å². The number of hydrogen-bond donors (Lipinski definition) is 3. The predicted octanol–water partition coefficient (Wildman–Crippen LogP) is 1.70. The summed E-state index contributed by atoms with van der Waals surface area (Å²) in [5.41, 5.74) is 2.82. The Balaban J connectivity index is 1.74. The van der Waals surface area contributed by atoms with E-state index in [4.69, 9.17) is 0 Å². The SMILES string of the molecule is CCC1CCc2[nH]nc(NC3CCNC3)c2C1. The first kappa shape index (κ1) is 11.1. The Morgan fingerprint density at radius 2 is 2.35 bits per heavy atom. The standard InChI is InChI=1S/C13H22N4/c1-2-9-3-4-12-11(7-9)13(17-16-12)15-10-5-6-14-8-10/h9-10,14H,2-8H2,1H3,(H2,15,16,17). The Hall–Kier alpha value is -1.03. The van der Waals surface area contributed by atoms with E-state index in [2.05, 4.69) is 27.8 Å². The highest BCUT2D eigenvalue weighted by Gasteiger charge is 2.24. The van der Waals surface area contributed by atoms with Gasteiger partial charge in [0.05, 0.1) is 0 Å². The highest BCUT2D eigenvalue weighted by atomic mass is 15.2. The smallest absolute Gasteiger partial charge is 0.151 e. The van der Waals surface area contributed by atoms with Crippen molar-refractivity contribution >= 4 is 5.82 Å². The summed E-state index contributed by atoms with van der Waals surface area (Å²) in [6.07, 6.45) is 6.18. The molecule has 2 unspecified atom stereocenters. The second-order valence-electron chi connectivity index (χ2n) is 5.38. The fourth-order valence-corrected chi connectivity index (χ4v) is 3.01. The van der Waals surface area contributed by atoms with E-state index in [1.165, 1.54) is 43.4 Å². The van der Waals surface area contributed by atoms with E-state index < -0.39 is 0 Å². The lowest BCUT2D eigenvalue weighted by molar-refractivity contribution is 0.443. The Bertz CT molecular complexity index is 379. The number of hydrogen-bond acceptors (Lipinski definition) is 3. The first-order valence-corrected chi connectivity index (χ1v) is 6.90. The minimum Gasteiger partial charge on any atom is -0.364 e. The summed E-state index contributed by atoms with van der Waals surface area (Å²) in [5.74, 6) is 1.97. The summed E-state index contributed by atoms with van der Waals surface area (Å²) in [6, 6.07) is 0.560. The van der Waals surface area contributed by atoms with Gasteiger partial charge in [-0.1, -0.05) is 13.3 Å². The molecule has 0 bridgehead atoms. The van der Waals surface area contributed by atoms with Gasteiger partial charge in [-0.25, -0.2) is 0 Å². The first-order valence-electron chi connectivity index (χ1n) is 6.90. The van der Waals surface area contributed by atoms with Crippen LogP contribution in [0, 0.1) is 5.92 Å². The number of H-pyrrole nitrogens is 1. The van der Waals surface area contributed by atoms with E-state index >= 15 is 0 Å². The van der Waals surface area contributed by atoms with Crippen LogP contribution in [0.5, 0.6) is 0 Å². The zero-order valence-corrected chi connectivity index (χ0v) is 10.6. The Morgan fingerprint density at radius 3 is 3.12 bits per heavy atom. The average Bonchev–Trinajstić information content (AvgIpc) is 2.99. The monoisotopic (exact) mass is 234 g/mol. The fraction of sp³-hybridized carbons (Fsp3) is 0.769. The van der Waals surface area contributed by atoms with Crippen molar-refractivity contribution in [3.8, 4) is 0 Å². The van der Waals surface area contributed by atoms with Crippen LogP contribution < -0.4 is 10.6 Å². The molecule has 1 fully saturated rings. The van der Waals surface area contributed by atoms with Gasteiger partial charge in [0.15, 0.2) is 5.82 Å². The summed E-state index contributed by atoms with van der Waals surface area (Å²) >= 11 is 0. The van der Waals surface area contributed by atoms with Crippen LogP contribution in [-0.2, 0) is 12.8 Å². The van der Waals surface area contributed by atoms with Crippen molar-refractivity contribution in [2.75, 3.05) is 18.4 Å². The average molecular weight is 234 g/mol. The molecular formula is C13H22N4. The Kier molecular flexibility index (Phi) is 3.05. The van der Waals surface area contributed by atoms with Gasteiger partial charge >= 0.3 is 0 Å². The van der Waals surface area contributed by atoms with Crippen LogP contribution in [0.1, 0.15) is 37.4 Å². The Morgan fingerprint density at radius 1 is 1.41 bits per heavy atom. The zero-order valence-electron chi connectivity index (χ0n) is 10.6. The lowest BCUT2D eigenvalue weighted by Gasteiger charge is -2.21. The molecule has 1 aromatic rings. The molecule has 0 radical (unpaired) electrons. The van der Waals surface area contributed by atoms with E-state index in [-0.39, 0.29) is 0 Å². The van der Waals surface area contributed by atoms with Gasteiger partial charge in [0.2, 0.25) is 0 Å².